The zero-order valence-corrected chi connectivity index (χ0v) is 27.4. The maximum Gasteiger partial charge on any atom is 0.0619 e. The van der Waals surface area contributed by atoms with Gasteiger partial charge in [0.25, 0.3) is 0 Å². The van der Waals surface area contributed by atoms with E-state index in [1.807, 2.05) is 0 Å². The molecule has 2 heteroatoms. The molecule has 10 rings (SSSR count). The van der Waals surface area contributed by atoms with Gasteiger partial charge in [-0.05, 0) is 76.3 Å². The first-order valence-corrected chi connectivity index (χ1v) is 17.2. The summed E-state index contributed by atoms with van der Waals surface area (Å²) in [6.07, 6.45) is 0. The number of rotatable bonds is 5. The van der Waals surface area contributed by atoms with Crippen LogP contribution in [0.2, 0.25) is 0 Å². The lowest BCUT2D eigenvalue weighted by Crippen LogP contribution is -1.98. The number of aromatic nitrogens is 2. The van der Waals surface area contributed by atoms with Gasteiger partial charge in [-0.3, -0.25) is 0 Å². The SMILES string of the molecule is c1ccc(-c2cc(-c3ccccc3)cc(-n3c4ccccc4c4cccc(-c5cccc(-n6c7ccccc7c7ccccc76)c5)c43)c2)cc1. The Morgan fingerprint density at radius 2 is 0.700 bits per heavy atom. The molecule has 0 N–H and O–H groups in total. The summed E-state index contributed by atoms with van der Waals surface area (Å²) in [4.78, 5) is 0. The molecule has 0 atom stereocenters. The monoisotopic (exact) mass is 636 g/mol. The molecule has 0 saturated carbocycles. The molecule has 2 nitrogen and oxygen atoms in total. The summed E-state index contributed by atoms with van der Waals surface area (Å²) in [7, 11) is 0. The second kappa shape index (κ2) is 11.5. The van der Waals surface area contributed by atoms with Gasteiger partial charge in [0.2, 0.25) is 0 Å². The standard InChI is InChI=1S/C48H32N2/c1-3-15-33(16-4-1)36-29-37(34-17-5-2-6-18-34)32-39(31-36)50-47-28-12-9-23-43(47)44-25-14-24-40(48(44)50)35-19-13-20-38(30-35)49-45-26-10-7-21-41(45)42-22-8-11-27-46(42)49/h1-32H. The molecule has 0 fully saturated rings. The number of fused-ring (bicyclic) bond motifs is 6. The molecule has 0 bridgehead atoms. The van der Waals surface area contributed by atoms with Crippen molar-refractivity contribution in [1.29, 1.82) is 0 Å². The van der Waals surface area contributed by atoms with Gasteiger partial charge >= 0.3 is 0 Å². The summed E-state index contributed by atoms with van der Waals surface area (Å²) in [5, 5.41) is 5.02. The number of nitrogens with zero attached hydrogens (tertiary/aromatic N) is 2. The fourth-order valence-corrected chi connectivity index (χ4v) is 7.87. The molecular formula is C48H32N2. The van der Waals surface area contributed by atoms with Crippen LogP contribution in [0.5, 0.6) is 0 Å². The molecule has 0 amide bonds. The van der Waals surface area contributed by atoms with E-state index in [0.29, 0.717) is 0 Å². The Bertz CT molecular complexity index is 2740. The van der Waals surface area contributed by atoms with Crippen LogP contribution >= 0.6 is 0 Å². The predicted octanol–water partition coefficient (Wildman–Crippen LogP) is 12.9. The molecule has 0 saturated heterocycles. The first kappa shape index (κ1) is 28.4. The molecule has 0 unspecified atom stereocenters. The Hall–Kier alpha value is -6.64. The molecule has 0 aliphatic rings. The molecule has 10 aromatic rings. The van der Waals surface area contributed by atoms with Gasteiger partial charge in [-0.15, -0.1) is 0 Å². The molecule has 0 spiro atoms. The van der Waals surface area contributed by atoms with Crippen molar-refractivity contribution in [3.05, 3.63) is 194 Å². The third kappa shape index (κ3) is 4.50. The van der Waals surface area contributed by atoms with E-state index < -0.39 is 0 Å². The second-order valence-electron chi connectivity index (χ2n) is 13.0. The Labute approximate surface area is 290 Å². The Kier molecular flexibility index (Phi) is 6.53. The van der Waals surface area contributed by atoms with Crippen molar-refractivity contribution in [2.24, 2.45) is 0 Å². The highest BCUT2D eigenvalue weighted by Crippen LogP contribution is 2.41. The summed E-state index contributed by atoms with van der Waals surface area (Å²) in [6.45, 7) is 0. The molecule has 0 aliphatic carbocycles. The van der Waals surface area contributed by atoms with E-state index in [1.165, 1.54) is 77.0 Å². The van der Waals surface area contributed by atoms with E-state index >= 15 is 0 Å². The van der Waals surface area contributed by atoms with Crippen LogP contribution < -0.4 is 0 Å². The normalized spacial score (nSPS) is 11.6. The van der Waals surface area contributed by atoms with E-state index in [9.17, 15) is 0 Å². The zero-order chi connectivity index (χ0) is 33.0. The lowest BCUT2D eigenvalue weighted by atomic mass is 9.97. The van der Waals surface area contributed by atoms with Crippen molar-refractivity contribution in [2.45, 2.75) is 0 Å². The summed E-state index contributed by atoms with van der Waals surface area (Å²) in [6, 6.07) is 70.5. The Balaban J connectivity index is 1.25. The van der Waals surface area contributed by atoms with Gasteiger partial charge < -0.3 is 9.13 Å². The minimum absolute atomic E-state index is 1.14. The highest BCUT2D eigenvalue weighted by Gasteiger charge is 2.19. The molecule has 8 aromatic carbocycles. The lowest BCUT2D eigenvalue weighted by Gasteiger charge is -2.16. The minimum Gasteiger partial charge on any atom is -0.309 e. The summed E-state index contributed by atoms with van der Waals surface area (Å²) in [5.74, 6) is 0. The van der Waals surface area contributed by atoms with Crippen LogP contribution in [0.25, 0.3) is 88.4 Å². The first-order chi connectivity index (χ1) is 24.8. The van der Waals surface area contributed by atoms with Crippen LogP contribution in [-0.2, 0) is 0 Å². The van der Waals surface area contributed by atoms with E-state index in [0.717, 1.165) is 11.4 Å². The van der Waals surface area contributed by atoms with Crippen molar-refractivity contribution < 1.29 is 0 Å². The summed E-state index contributed by atoms with van der Waals surface area (Å²) >= 11 is 0. The zero-order valence-electron chi connectivity index (χ0n) is 27.4. The van der Waals surface area contributed by atoms with Gasteiger partial charge in [-0.2, -0.15) is 0 Å². The van der Waals surface area contributed by atoms with Crippen LogP contribution in [0.3, 0.4) is 0 Å². The molecule has 2 heterocycles. The van der Waals surface area contributed by atoms with Crippen molar-refractivity contribution in [2.75, 3.05) is 0 Å². The van der Waals surface area contributed by atoms with Crippen LogP contribution in [0.1, 0.15) is 0 Å². The van der Waals surface area contributed by atoms with Gasteiger partial charge in [0.15, 0.2) is 0 Å². The van der Waals surface area contributed by atoms with E-state index in [4.69, 9.17) is 0 Å². The number of para-hydroxylation sites is 4. The fourth-order valence-electron chi connectivity index (χ4n) is 7.87. The van der Waals surface area contributed by atoms with Crippen molar-refractivity contribution >= 4 is 43.6 Å². The van der Waals surface area contributed by atoms with Crippen molar-refractivity contribution in [3.8, 4) is 44.8 Å². The van der Waals surface area contributed by atoms with Crippen LogP contribution in [0.15, 0.2) is 194 Å². The van der Waals surface area contributed by atoms with Gasteiger partial charge in [-0.25, -0.2) is 0 Å². The minimum atomic E-state index is 1.14. The van der Waals surface area contributed by atoms with Crippen LogP contribution in [0, 0.1) is 0 Å². The third-order valence-corrected chi connectivity index (χ3v) is 10.1. The molecule has 2 aromatic heterocycles. The van der Waals surface area contributed by atoms with Gasteiger partial charge in [0, 0.05) is 38.5 Å². The maximum atomic E-state index is 2.48. The first-order valence-electron chi connectivity index (χ1n) is 17.2. The average molecular weight is 637 g/mol. The smallest absolute Gasteiger partial charge is 0.0619 e. The van der Waals surface area contributed by atoms with E-state index in [1.54, 1.807) is 0 Å². The number of hydrogen-bond acceptors (Lipinski definition) is 0. The topological polar surface area (TPSA) is 9.86 Å². The molecule has 0 radical (unpaired) electrons. The van der Waals surface area contributed by atoms with Crippen LogP contribution in [0.4, 0.5) is 0 Å². The number of benzene rings is 8. The van der Waals surface area contributed by atoms with Gasteiger partial charge in [0.1, 0.15) is 0 Å². The molecular weight excluding hydrogens is 605 g/mol. The lowest BCUT2D eigenvalue weighted by molar-refractivity contribution is 1.17. The summed E-state index contributed by atoms with van der Waals surface area (Å²) in [5.41, 5.74) is 14.3. The fraction of sp³-hybridized carbons (Fsp3) is 0. The molecule has 50 heavy (non-hydrogen) atoms. The van der Waals surface area contributed by atoms with Crippen molar-refractivity contribution in [3.63, 3.8) is 0 Å². The molecule has 0 aliphatic heterocycles. The summed E-state index contributed by atoms with van der Waals surface area (Å²) < 4.78 is 4.88. The number of hydrogen-bond donors (Lipinski definition) is 0. The average Bonchev–Trinajstić information content (AvgIpc) is 3.72. The predicted molar refractivity (Wildman–Crippen MR) is 211 cm³/mol. The van der Waals surface area contributed by atoms with Gasteiger partial charge in [-0.1, -0.05) is 146 Å². The highest BCUT2D eigenvalue weighted by atomic mass is 15.0. The van der Waals surface area contributed by atoms with Crippen molar-refractivity contribution in [1.82, 2.24) is 9.13 Å². The Morgan fingerprint density at radius 3 is 1.30 bits per heavy atom. The Morgan fingerprint density at radius 1 is 0.260 bits per heavy atom. The second-order valence-corrected chi connectivity index (χ2v) is 13.0. The third-order valence-electron chi connectivity index (χ3n) is 10.1. The maximum absolute atomic E-state index is 2.48. The largest absolute Gasteiger partial charge is 0.309 e. The molecule has 234 valence electrons. The van der Waals surface area contributed by atoms with Gasteiger partial charge in [0.05, 0.1) is 22.1 Å². The quantitative estimate of drug-likeness (QED) is 0.178. The highest BCUT2D eigenvalue weighted by molar-refractivity contribution is 6.14. The van der Waals surface area contributed by atoms with E-state index in [2.05, 4.69) is 203 Å². The van der Waals surface area contributed by atoms with Crippen LogP contribution in [-0.4, -0.2) is 9.13 Å². The van der Waals surface area contributed by atoms with E-state index in [-0.39, 0.29) is 0 Å².